The number of carbonyl (C=O) groups is 1. The number of hydrogen-bond acceptors (Lipinski definition) is 6. The van der Waals surface area contributed by atoms with Crippen LogP contribution in [0.1, 0.15) is 44.7 Å². The fraction of sp³-hybridized carbons (Fsp3) is 0.522. The number of carbonyl (C=O) groups excluding carboxylic acids is 1. The van der Waals surface area contributed by atoms with Crippen LogP contribution in [-0.2, 0) is 9.53 Å². The minimum absolute atomic E-state index is 0.0302. The average molecular weight is 431 g/mol. The van der Waals surface area contributed by atoms with Crippen LogP contribution in [0.25, 0.3) is 11.4 Å². The summed E-state index contributed by atoms with van der Waals surface area (Å²) in [6.07, 6.45) is 4.76. The summed E-state index contributed by atoms with van der Waals surface area (Å²) in [6, 6.07) is 4.31. The lowest BCUT2D eigenvalue weighted by atomic mass is 9.96. The highest BCUT2D eigenvalue weighted by Crippen LogP contribution is 2.33. The Balaban J connectivity index is 1.49. The summed E-state index contributed by atoms with van der Waals surface area (Å²) in [5.74, 6) is -0.678. The first-order valence-electron chi connectivity index (χ1n) is 10.8. The Morgan fingerprint density at radius 1 is 1.16 bits per heavy atom. The molecule has 2 aliphatic rings. The molecule has 0 spiro atoms. The molecule has 166 valence electrons. The molecular formula is C23H27F2N3O3. The standard InChI is InChI=1S/C23H27F2N3O3/c1-14-10-21(31-18-4-3-5-18)27-23(26-14)17-11-19(24)22(20(25)12-17)28-8-6-16(13-28)7-9-30-15(2)29/h10-12,16,18H,3-9,13H2,1-2H3. The number of hydrogen-bond donors (Lipinski definition) is 0. The number of rotatable bonds is 7. The molecule has 0 N–H and O–H groups in total. The smallest absolute Gasteiger partial charge is 0.302 e. The summed E-state index contributed by atoms with van der Waals surface area (Å²) in [7, 11) is 0. The van der Waals surface area contributed by atoms with Crippen molar-refractivity contribution in [2.75, 3.05) is 24.6 Å². The highest BCUT2D eigenvalue weighted by molar-refractivity contribution is 5.66. The zero-order chi connectivity index (χ0) is 22.0. The van der Waals surface area contributed by atoms with Crippen molar-refractivity contribution in [3.05, 3.63) is 35.5 Å². The third-order valence-corrected chi connectivity index (χ3v) is 5.88. The lowest BCUT2D eigenvalue weighted by molar-refractivity contribution is -0.141. The van der Waals surface area contributed by atoms with Crippen LogP contribution in [0.4, 0.5) is 14.5 Å². The van der Waals surface area contributed by atoms with E-state index in [1.54, 1.807) is 17.9 Å². The molecule has 1 aliphatic heterocycles. The molecule has 1 aromatic carbocycles. The van der Waals surface area contributed by atoms with Gasteiger partial charge in [-0.3, -0.25) is 4.79 Å². The maximum absolute atomic E-state index is 15.0. The first-order valence-corrected chi connectivity index (χ1v) is 10.8. The number of ether oxygens (including phenoxy) is 2. The van der Waals surface area contributed by atoms with Crippen LogP contribution in [0.3, 0.4) is 0 Å². The minimum atomic E-state index is -0.637. The minimum Gasteiger partial charge on any atom is -0.474 e. The van der Waals surface area contributed by atoms with Crippen LogP contribution < -0.4 is 9.64 Å². The van der Waals surface area contributed by atoms with E-state index in [9.17, 15) is 13.6 Å². The molecule has 2 aromatic rings. The Hall–Kier alpha value is -2.77. The van der Waals surface area contributed by atoms with Gasteiger partial charge in [0.25, 0.3) is 0 Å². The quantitative estimate of drug-likeness (QED) is 0.604. The third-order valence-electron chi connectivity index (χ3n) is 5.88. The molecule has 2 fully saturated rings. The summed E-state index contributed by atoms with van der Waals surface area (Å²) in [5.41, 5.74) is 0.934. The van der Waals surface area contributed by atoms with E-state index in [1.807, 2.05) is 0 Å². The second-order valence-corrected chi connectivity index (χ2v) is 8.36. The van der Waals surface area contributed by atoms with E-state index in [0.29, 0.717) is 37.7 Å². The van der Waals surface area contributed by atoms with Crippen molar-refractivity contribution in [2.24, 2.45) is 5.92 Å². The maximum Gasteiger partial charge on any atom is 0.302 e. The molecular weight excluding hydrogens is 404 g/mol. The van der Waals surface area contributed by atoms with Gasteiger partial charge in [-0.15, -0.1) is 0 Å². The molecule has 1 unspecified atom stereocenters. The summed E-state index contributed by atoms with van der Waals surface area (Å²) in [5, 5.41) is 0. The summed E-state index contributed by atoms with van der Waals surface area (Å²) < 4.78 is 40.8. The Labute approximate surface area is 180 Å². The number of aromatic nitrogens is 2. The van der Waals surface area contributed by atoms with E-state index in [-0.39, 0.29) is 35.1 Å². The first kappa shape index (κ1) is 21.5. The van der Waals surface area contributed by atoms with Gasteiger partial charge < -0.3 is 14.4 Å². The molecule has 1 saturated heterocycles. The molecule has 1 saturated carbocycles. The summed E-state index contributed by atoms with van der Waals surface area (Å²) >= 11 is 0. The Morgan fingerprint density at radius 3 is 2.55 bits per heavy atom. The van der Waals surface area contributed by atoms with E-state index in [2.05, 4.69) is 9.97 Å². The molecule has 0 radical (unpaired) electrons. The molecule has 31 heavy (non-hydrogen) atoms. The number of halogens is 2. The topological polar surface area (TPSA) is 64.5 Å². The van der Waals surface area contributed by atoms with Crippen molar-refractivity contribution in [3.8, 4) is 17.3 Å². The number of benzene rings is 1. The van der Waals surface area contributed by atoms with Gasteiger partial charge in [0.15, 0.2) is 5.82 Å². The van der Waals surface area contributed by atoms with Gasteiger partial charge in [-0.25, -0.2) is 13.8 Å². The predicted molar refractivity (Wildman–Crippen MR) is 112 cm³/mol. The second kappa shape index (κ2) is 9.16. The van der Waals surface area contributed by atoms with Gasteiger partial charge in [0.05, 0.1) is 6.61 Å². The SMILES string of the molecule is CC(=O)OCCC1CCN(c2c(F)cc(-c3nc(C)cc(OC4CCC4)n3)cc2F)C1. The molecule has 0 amide bonds. The third kappa shape index (κ3) is 5.11. The number of aryl methyl sites for hydroxylation is 1. The van der Waals surface area contributed by atoms with Crippen molar-refractivity contribution in [1.29, 1.82) is 0 Å². The molecule has 1 aliphatic carbocycles. The van der Waals surface area contributed by atoms with Gasteiger partial charge in [-0.2, -0.15) is 4.98 Å². The van der Waals surface area contributed by atoms with Crippen LogP contribution in [0.15, 0.2) is 18.2 Å². The zero-order valence-electron chi connectivity index (χ0n) is 17.9. The fourth-order valence-electron chi connectivity index (χ4n) is 4.03. The Kier molecular flexibility index (Phi) is 6.34. The fourth-order valence-corrected chi connectivity index (χ4v) is 4.03. The van der Waals surface area contributed by atoms with Gasteiger partial charge >= 0.3 is 5.97 Å². The molecule has 4 rings (SSSR count). The monoisotopic (exact) mass is 431 g/mol. The number of nitrogens with zero attached hydrogens (tertiary/aromatic N) is 3. The predicted octanol–water partition coefficient (Wildman–Crippen LogP) is 4.44. The lowest BCUT2D eigenvalue weighted by Crippen LogP contribution is -2.25. The maximum atomic E-state index is 15.0. The van der Waals surface area contributed by atoms with E-state index in [4.69, 9.17) is 9.47 Å². The van der Waals surface area contributed by atoms with Crippen LogP contribution in [0, 0.1) is 24.5 Å². The van der Waals surface area contributed by atoms with Gasteiger partial charge in [0, 0.05) is 37.3 Å². The second-order valence-electron chi connectivity index (χ2n) is 8.36. The summed E-state index contributed by atoms with van der Waals surface area (Å²) in [6.45, 7) is 4.58. The number of anilines is 1. The van der Waals surface area contributed by atoms with Crippen LogP contribution in [0.5, 0.6) is 5.88 Å². The summed E-state index contributed by atoms with van der Waals surface area (Å²) in [4.78, 5) is 21.3. The van der Waals surface area contributed by atoms with E-state index in [0.717, 1.165) is 25.7 Å². The lowest BCUT2D eigenvalue weighted by Gasteiger charge is -2.26. The van der Waals surface area contributed by atoms with Crippen molar-refractivity contribution in [2.45, 2.75) is 52.1 Å². The van der Waals surface area contributed by atoms with Gasteiger partial charge in [-0.05, 0) is 57.1 Å². The van der Waals surface area contributed by atoms with Crippen LogP contribution >= 0.6 is 0 Å². The van der Waals surface area contributed by atoms with Gasteiger partial charge in [0.1, 0.15) is 23.4 Å². The van der Waals surface area contributed by atoms with Crippen molar-refractivity contribution >= 4 is 11.7 Å². The van der Waals surface area contributed by atoms with Crippen molar-refractivity contribution in [3.63, 3.8) is 0 Å². The first-order chi connectivity index (χ1) is 14.9. The van der Waals surface area contributed by atoms with Crippen molar-refractivity contribution < 1.29 is 23.0 Å². The molecule has 8 heteroatoms. The van der Waals surface area contributed by atoms with E-state index in [1.165, 1.54) is 19.1 Å². The van der Waals surface area contributed by atoms with E-state index >= 15 is 0 Å². The van der Waals surface area contributed by atoms with E-state index < -0.39 is 11.6 Å². The molecule has 1 aromatic heterocycles. The Morgan fingerprint density at radius 2 is 1.90 bits per heavy atom. The van der Waals surface area contributed by atoms with Crippen LogP contribution in [0.2, 0.25) is 0 Å². The largest absolute Gasteiger partial charge is 0.474 e. The van der Waals surface area contributed by atoms with Crippen LogP contribution in [-0.4, -0.2) is 41.7 Å². The molecule has 6 nitrogen and oxygen atoms in total. The van der Waals surface area contributed by atoms with Gasteiger partial charge in [0.2, 0.25) is 5.88 Å². The normalized spacial score (nSPS) is 18.7. The van der Waals surface area contributed by atoms with Gasteiger partial charge in [-0.1, -0.05) is 0 Å². The highest BCUT2D eigenvalue weighted by atomic mass is 19.1. The average Bonchev–Trinajstić information content (AvgIpc) is 3.12. The molecule has 2 heterocycles. The molecule has 0 bridgehead atoms. The Bertz CT molecular complexity index is 942. The highest BCUT2D eigenvalue weighted by Gasteiger charge is 2.28. The van der Waals surface area contributed by atoms with Crippen molar-refractivity contribution in [1.82, 2.24) is 9.97 Å². The zero-order valence-corrected chi connectivity index (χ0v) is 17.9. The molecule has 1 atom stereocenters. The number of esters is 1.